The molecule has 430 valence electrons. The van der Waals surface area contributed by atoms with Crippen LogP contribution in [0, 0.1) is 0 Å². The lowest BCUT2D eigenvalue weighted by Gasteiger charge is -2.46. The van der Waals surface area contributed by atoms with Gasteiger partial charge in [0.05, 0.1) is 17.1 Å². The van der Waals surface area contributed by atoms with E-state index in [1.807, 2.05) is 11.8 Å². The molecule has 0 bridgehead atoms. The molecule has 0 fully saturated rings. The molecule has 0 saturated heterocycles. The molecule has 0 radical (unpaired) electrons. The van der Waals surface area contributed by atoms with Gasteiger partial charge in [0.1, 0.15) is 11.5 Å². The van der Waals surface area contributed by atoms with Crippen LogP contribution in [0.5, 0.6) is 11.5 Å². The molecular weight excluding hydrogens is 1130 g/mol. The minimum atomic E-state index is -0.164. The average molecular weight is 1190 g/mol. The molecule has 4 aliphatic heterocycles. The van der Waals surface area contributed by atoms with Crippen molar-refractivity contribution in [2.24, 2.45) is 0 Å². The highest BCUT2D eigenvalue weighted by molar-refractivity contribution is 8.00. The molecule has 4 heterocycles. The minimum absolute atomic E-state index is 0.106. The molecule has 5 nitrogen and oxygen atoms in total. The van der Waals surface area contributed by atoms with Gasteiger partial charge >= 0.3 is 0 Å². The van der Waals surface area contributed by atoms with Gasteiger partial charge in [-0.3, -0.25) is 0 Å². The second kappa shape index (κ2) is 22.2. The summed E-state index contributed by atoms with van der Waals surface area (Å²) >= 11 is 1.86. The zero-order valence-corrected chi connectivity index (χ0v) is 50.9. The van der Waals surface area contributed by atoms with Gasteiger partial charge in [0.25, 0.3) is 13.4 Å². The number of nitrogens with zero attached hydrogens (tertiary/aromatic N) is 4. The Hall–Kier alpha value is -11.4. The fourth-order valence-electron chi connectivity index (χ4n) is 14.7. The monoisotopic (exact) mass is 1190 g/mol. The number of fused-ring (bicyclic) bond motifs is 8. The highest BCUT2D eigenvalue weighted by Gasteiger charge is 2.47. The van der Waals surface area contributed by atoms with E-state index in [1.165, 1.54) is 53.7 Å². The van der Waals surface area contributed by atoms with Crippen LogP contribution in [0.3, 0.4) is 0 Å². The van der Waals surface area contributed by atoms with Gasteiger partial charge in [-0.15, -0.1) is 0 Å². The Morgan fingerprint density at radius 1 is 0.261 bits per heavy atom. The number of hydrogen-bond acceptors (Lipinski definition) is 6. The summed E-state index contributed by atoms with van der Waals surface area (Å²) in [7, 11) is 0. The number of rotatable bonds is 11. The van der Waals surface area contributed by atoms with E-state index in [4.69, 9.17) is 4.74 Å². The van der Waals surface area contributed by atoms with Crippen molar-refractivity contribution in [1.82, 2.24) is 0 Å². The molecule has 0 saturated carbocycles. The fraction of sp³-hybridized carbons (Fsp3) is 0. The summed E-state index contributed by atoms with van der Waals surface area (Å²) in [6.45, 7) is -0.270. The molecule has 18 rings (SSSR count). The molecular formula is C84H56B2N4OS. The van der Waals surface area contributed by atoms with Gasteiger partial charge in [0, 0.05) is 72.6 Å². The van der Waals surface area contributed by atoms with Crippen molar-refractivity contribution in [1.29, 1.82) is 0 Å². The summed E-state index contributed by atoms with van der Waals surface area (Å²) < 4.78 is 7.15. The molecule has 14 aromatic carbocycles. The van der Waals surface area contributed by atoms with Crippen molar-refractivity contribution >= 4 is 126 Å². The van der Waals surface area contributed by atoms with E-state index < -0.39 is 0 Å². The Balaban J connectivity index is 0.912. The van der Waals surface area contributed by atoms with Crippen LogP contribution in [-0.2, 0) is 0 Å². The normalized spacial score (nSPS) is 12.7. The van der Waals surface area contributed by atoms with Crippen molar-refractivity contribution in [3.63, 3.8) is 0 Å². The van der Waals surface area contributed by atoms with Gasteiger partial charge in [0.15, 0.2) is 0 Å². The lowest BCUT2D eigenvalue weighted by molar-refractivity contribution is 0.486. The van der Waals surface area contributed by atoms with Crippen LogP contribution in [0.4, 0.5) is 68.2 Å². The predicted molar refractivity (Wildman–Crippen MR) is 388 cm³/mol. The van der Waals surface area contributed by atoms with Crippen molar-refractivity contribution in [3.05, 3.63) is 340 Å². The SMILES string of the molecule is c1ccc(-c2ccc(N(c3ccc(-c4ccccc4)cc3)c3cc4c5c(c3)N(c3ccccc3-c3ccccc3)c3cc6c(cc3B5c3ccccc3N4c3ccccc3)B3c4ccccc4Oc4cc(N(c5ccccc5)c5ccccc5)cc(c43)S6)cc2)cc1. The van der Waals surface area contributed by atoms with Crippen LogP contribution in [0.25, 0.3) is 33.4 Å². The van der Waals surface area contributed by atoms with Gasteiger partial charge < -0.3 is 24.3 Å². The first-order chi connectivity index (χ1) is 45.6. The number of para-hydroxylation sites is 6. The van der Waals surface area contributed by atoms with Crippen LogP contribution in [0.15, 0.2) is 350 Å². The van der Waals surface area contributed by atoms with E-state index in [0.29, 0.717) is 0 Å². The topological polar surface area (TPSA) is 22.2 Å². The van der Waals surface area contributed by atoms with Gasteiger partial charge in [-0.25, -0.2) is 0 Å². The number of anilines is 12. The molecule has 8 heteroatoms. The Morgan fingerprint density at radius 2 is 0.717 bits per heavy atom. The summed E-state index contributed by atoms with van der Waals surface area (Å²) in [5.74, 6) is 1.76. The Morgan fingerprint density at radius 3 is 1.33 bits per heavy atom. The molecule has 0 aliphatic carbocycles. The summed E-state index contributed by atoms with van der Waals surface area (Å²) in [6.07, 6.45) is 0. The maximum atomic E-state index is 7.15. The second-order valence-electron chi connectivity index (χ2n) is 23.9. The van der Waals surface area contributed by atoms with E-state index in [2.05, 4.69) is 359 Å². The van der Waals surface area contributed by atoms with Gasteiger partial charge in [-0.05, 0) is 158 Å². The Bertz CT molecular complexity index is 5000. The lowest BCUT2D eigenvalue weighted by Crippen LogP contribution is -2.64. The fourth-order valence-corrected chi connectivity index (χ4v) is 15.9. The molecule has 0 N–H and O–H groups in total. The van der Waals surface area contributed by atoms with Crippen LogP contribution in [0.1, 0.15) is 0 Å². The lowest BCUT2D eigenvalue weighted by atomic mass is 9.31. The average Bonchev–Trinajstić information content (AvgIpc) is 0.692. The second-order valence-corrected chi connectivity index (χ2v) is 25.0. The maximum absolute atomic E-state index is 7.15. The summed E-state index contributed by atoms with van der Waals surface area (Å²) in [5.41, 5.74) is 27.4. The molecule has 14 aromatic rings. The standard InChI is InChI=1S/C84H56B2N4OS/c1-7-25-57(26-8-1)59-43-47-65(48-44-59)88(66-49-45-60(46-50-66)58-27-9-2-10-28-58)67-51-77-83-78(52-67)90(74-40-22-19-37-69(74)61-29-11-3-12-30-61)76-56-81-73(55-72(76)85(83)70-38-20-23-41-75(70)89(77)64-35-17-6-18-36-64)86-71-39-21-24-42-79(71)91-80-53-68(54-82(92-81)84(80)86)87(62-31-13-4-14-32-62)63-33-15-5-16-34-63/h1-56H. The van der Waals surface area contributed by atoms with E-state index in [-0.39, 0.29) is 13.4 Å². The van der Waals surface area contributed by atoms with E-state index in [9.17, 15) is 0 Å². The molecule has 4 aliphatic rings. The number of benzene rings is 14. The van der Waals surface area contributed by atoms with Gasteiger partial charge in [0.2, 0.25) is 0 Å². The highest BCUT2D eigenvalue weighted by Crippen LogP contribution is 2.52. The molecule has 0 spiro atoms. The summed E-state index contributed by atoms with van der Waals surface area (Å²) in [6, 6.07) is 124. The minimum Gasteiger partial charge on any atom is -0.458 e. The quantitative estimate of drug-likeness (QED) is 0.120. The first kappa shape index (κ1) is 53.6. The van der Waals surface area contributed by atoms with Gasteiger partial charge in [-0.1, -0.05) is 248 Å². The Labute approximate surface area is 541 Å². The first-order valence-corrected chi connectivity index (χ1v) is 32.4. The van der Waals surface area contributed by atoms with Crippen molar-refractivity contribution in [2.75, 3.05) is 19.6 Å². The zero-order valence-electron chi connectivity index (χ0n) is 50.1. The van der Waals surface area contributed by atoms with E-state index in [1.54, 1.807) is 0 Å². The third-order valence-corrected chi connectivity index (χ3v) is 19.8. The van der Waals surface area contributed by atoms with Crippen LogP contribution in [0.2, 0.25) is 0 Å². The zero-order chi connectivity index (χ0) is 60.6. The third-order valence-electron chi connectivity index (χ3n) is 18.7. The molecule has 92 heavy (non-hydrogen) atoms. The van der Waals surface area contributed by atoms with E-state index in [0.717, 1.165) is 102 Å². The highest BCUT2D eigenvalue weighted by atomic mass is 32.2. The van der Waals surface area contributed by atoms with Gasteiger partial charge in [-0.2, -0.15) is 0 Å². The predicted octanol–water partition coefficient (Wildman–Crippen LogP) is 18.8. The van der Waals surface area contributed by atoms with Crippen molar-refractivity contribution in [2.45, 2.75) is 9.79 Å². The smallest absolute Gasteiger partial charge is 0.253 e. The van der Waals surface area contributed by atoms with E-state index >= 15 is 0 Å². The van der Waals surface area contributed by atoms with Crippen LogP contribution in [-0.4, -0.2) is 13.4 Å². The summed E-state index contributed by atoms with van der Waals surface area (Å²) in [4.78, 5) is 12.3. The maximum Gasteiger partial charge on any atom is 0.253 e. The molecule has 0 aromatic heterocycles. The molecule has 0 atom stereocenters. The molecule has 0 unspecified atom stereocenters. The first-order valence-electron chi connectivity index (χ1n) is 31.5. The van der Waals surface area contributed by atoms with Crippen LogP contribution < -0.4 is 57.1 Å². The van der Waals surface area contributed by atoms with Crippen LogP contribution >= 0.6 is 11.8 Å². The number of hydrogen-bond donors (Lipinski definition) is 0. The Kier molecular flexibility index (Phi) is 13.0. The largest absolute Gasteiger partial charge is 0.458 e. The molecule has 0 amide bonds. The van der Waals surface area contributed by atoms with Crippen molar-refractivity contribution < 1.29 is 4.74 Å². The summed E-state index contributed by atoms with van der Waals surface area (Å²) in [5, 5.41) is 0. The number of ether oxygens (including phenoxy) is 1. The third kappa shape index (κ3) is 8.97. The van der Waals surface area contributed by atoms with Crippen molar-refractivity contribution in [3.8, 4) is 44.9 Å².